The normalized spacial score (nSPS) is 17.0. The summed E-state index contributed by atoms with van der Waals surface area (Å²) in [6.07, 6.45) is 2.23. The van der Waals surface area contributed by atoms with E-state index in [1.165, 1.54) is 11.8 Å². The molecular formula is C18H20N4O3S. The molecule has 0 bridgehead atoms. The zero-order valence-corrected chi connectivity index (χ0v) is 15.3. The van der Waals surface area contributed by atoms with Crippen molar-refractivity contribution in [3.63, 3.8) is 0 Å². The quantitative estimate of drug-likeness (QED) is 0.670. The number of amides is 1. The van der Waals surface area contributed by atoms with E-state index in [9.17, 15) is 4.79 Å². The fraction of sp³-hybridized carbons (Fsp3) is 0.389. The van der Waals surface area contributed by atoms with Gasteiger partial charge in [-0.05, 0) is 25.0 Å². The van der Waals surface area contributed by atoms with Gasteiger partial charge in [-0.3, -0.25) is 4.79 Å². The molecular weight excluding hydrogens is 352 g/mol. The number of nitrogens with zero attached hydrogens (tertiary/aromatic N) is 3. The minimum absolute atomic E-state index is 0.0289. The SMILES string of the molecule is Cn1c(SCC(=O)NCC2CCCO2)nnc1-c1cc2ccccc2o1. The van der Waals surface area contributed by atoms with Gasteiger partial charge in [0.1, 0.15) is 5.58 Å². The molecule has 1 N–H and O–H groups in total. The molecule has 1 unspecified atom stereocenters. The third-order valence-corrected chi connectivity index (χ3v) is 5.38. The molecule has 1 aromatic carbocycles. The molecule has 26 heavy (non-hydrogen) atoms. The van der Waals surface area contributed by atoms with E-state index < -0.39 is 0 Å². The summed E-state index contributed by atoms with van der Waals surface area (Å²) in [6, 6.07) is 9.76. The summed E-state index contributed by atoms with van der Waals surface area (Å²) in [6.45, 7) is 1.36. The van der Waals surface area contributed by atoms with Crippen LogP contribution in [0.15, 0.2) is 39.9 Å². The van der Waals surface area contributed by atoms with E-state index in [-0.39, 0.29) is 12.0 Å². The van der Waals surface area contributed by atoms with Crippen molar-refractivity contribution in [1.82, 2.24) is 20.1 Å². The molecule has 0 radical (unpaired) electrons. The molecule has 1 amide bonds. The Labute approximate surface area is 155 Å². The average Bonchev–Trinajstić information content (AvgIpc) is 3.37. The summed E-state index contributed by atoms with van der Waals surface area (Å²) in [5, 5.41) is 13.0. The zero-order chi connectivity index (χ0) is 17.9. The molecule has 8 heteroatoms. The Morgan fingerprint density at radius 2 is 2.27 bits per heavy atom. The number of fused-ring (bicyclic) bond motifs is 1. The third-order valence-electron chi connectivity index (χ3n) is 4.36. The van der Waals surface area contributed by atoms with Gasteiger partial charge in [0.05, 0.1) is 11.9 Å². The van der Waals surface area contributed by atoms with Gasteiger partial charge in [-0.1, -0.05) is 30.0 Å². The fourth-order valence-corrected chi connectivity index (χ4v) is 3.70. The van der Waals surface area contributed by atoms with Crippen molar-refractivity contribution >= 4 is 28.6 Å². The Morgan fingerprint density at radius 1 is 1.38 bits per heavy atom. The average molecular weight is 372 g/mol. The van der Waals surface area contributed by atoms with Crippen molar-refractivity contribution in [2.45, 2.75) is 24.1 Å². The minimum Gasteiger partial charge on any atom is -0.453 e. The van der Waals surface area contributed by atoms with Crippen LogP contribution >= 0.6 is 11.8 Å². The number of hydrogen-bond donors (Lipinski definition) is 1. The molecule has 0 spiro atoms. The van der Waals surface area contributed by atoms with Crippen LogP contribution in [0.1, 0.15) is 12.8 Å². The molecule has 3 aromatic rings. The highest BCUT2D eigenvalue weighted by atomic mass is 32.2. The molecule has 1 atom stereocenters. The summed E-state index contributed by atoms with van der Waals surface area (Å²) in [7, 11) is 1.87. The number of aromatic nitrogens is 3. The molecule has 0 saturated carbocycles. The standard InChI is InChI=1S/C18H20N4O3S/c1-22-17(15-9-12-5-2-3-7-14(12)25-15)20-21-18(22)26-11-16(23)19-10-13-6-4-8-24-13/h2-3,5,7,9,13H,4,6,8,10-11H2,1H3,(H,19,23). The van der Waals surface area contributed by atoms with E-state index >= 15 is 0 Å². The second kappa shape index (κ2) is 7.51. The number of ether oxygens (including phenoxy) is 1. The Morgan fingerprint density at radius 3 is 3.08 bits per heavy atom. The predicted molar refractivity (Wildman–Crippen MR) is 98.9 cm³/mol. The van der Waals surface area contributed by atoms with E-state index in [0.29, 0.717) is 29.0 Å². The van der Waals surface area contributed by atoms with Crippen LogP contribution in [0.5, 0.6) is 0 Å². The van der Waals surface area contributed by atoms with E-state index in [1.54, 1.807) is 0 Å². The smallest absolute Gasteiger partial charge is 0.230 e. The lowest BCUT2D eigenvalue weighted by Gasteiger charge is -2.10. The highest BCUT2D eigenvalue weighted by molar-refractivity contribution is 7.99. The van der Waals surface area contributed by atoms with Gasteiger partial charge in [-0.2, -0.15) is 0 Å². The maximum absolute atomic E-state index is 12.0. The Bertz CT molecular complexity index is 881. The van der Waals surface area contributed by atoms with Gasteiger partial charge in [0.25, 0.3) is 0 Å². The van der Waals surface area contributed by atoms with Crippen molar-refractivity contribution in [2.24, 2.45) is 7.05 Å². The molecule has 0 aliphatic carbocycles. The largest absolute Gasteiger partial charge is 0.453 e. The molecule has 7 nitrogen and oxygen atoms in total. The van der Waals surface area contributed by atoms with E-state index in [0.717, 1.165) is 30.4 Å². The lowest BCUT2D eigenvalue weighted by Crippen LogP contribution is -2.32. The second-order valence-electron chi connectivity index (χ2n) is 6.24. The number of hydrogen-bond acceptors (Lipinski definition) is 6. The summed E-state index contributed by atoms with van der Waals surface area (Å²) < 4.78 is 13.2. The third kappa shape index (κ3) is 3.61. The lowest BCUT2D eigenvalue weighted by atomic mass is 10.2. The highest BCUT2D eigenvalue weighted by Gasteiger charge is 2.18. The number of carbonyl (C=O) groups excluding carboxylic acids is 1. The highest BCUT2D eigenvalue weighted by Crippen LogP contribution is 2.28. The van der Waals surface area contributed by atoms with Gasteiger partial charge >= 0.3 is 0 Å². The predicted octanol–water partition coefficient (Wildman–Crippen LogP) is 2.62. The number of nitrogens with one attached hydrogen (secondary N) is 1. The molecule has 4 rings (SSSR count). The number of para-hydroxylation sites is 1. The topological polar surface area (TPSA) is 82.2 Å². The monoisotopic (exact) mass is 372 g/mol. The molecule has 1 saturated heterocycles. The molecule has 136 valence electrons. The first kappa shape index (κ1) is 17.1. The summed E-state index contributed by atoms with van der Waals surface area (Å²) in [4.78, 5) is 12.0. The van der Waals surface area contributed by atoms with Gasteiger partial charge < -0.3 is 19.0 Å². The van der Waals surface area contributed by atoms with Gasteiger partial charge in [0.2, 0.25) is 5.91 Å². The summed E-state index contributed by atoms with van der Waals surface area (Å²) in [5.41, 5.74) is 0.813. The van der Waals surface area contributed by atoms with Gasteiger partial charge in [-0.25, -0.2) is 0 Å². The van der Waals surface area contributed by atoms with Crippen LogP contribution in [0, 0.1) is 0 Å². The molecule has 3 heterocycles. The maximum atomic E-state index is 12.0. The van der Waals surface area contributed by atoms with Crippen LogP contribution in [0.4, 0.5) is 0 Å². The van der Waals surface area contributed by atoms with Crippen molar-refractivity contribution in [1.29, 1.82) is 0 Å². The van der Waals surface area contributed by atoms with E-state index in [2.05, 4.69) is 15.5 Å². The van der Waals surface area contributed by atoms with Crippen molar-refractivity contribution in [3.8, 4) is 11.6 Å². The molecule has 1 aliphatic rings. The molecule has 1 aliphatic heterocycles. The number of carbonyl (C=O) groups is 1. The van der Waals surface area contributed by atoms with Gasteiger partial charge in [0, 0.05) is 25.6 Å². The van der Waals surface area contributed by atoms with Crippen LogP contribution in [0.3, 0.4) is 0 Å². The van der Waals surface area contributed by atoms with Crippen molar-refractivity contribution < 1.29 is 13.9 Å². The first-order valence-corrected chi connectivity index (χ1v) is 9.59. The van der Waals surface area contributed by atoms with Crippen LogP contribution in [-0.2, 0) is 16.6 Å². The van der Waals surface area contributed by atoms with Crippen molar-refractivity contribution in [2.75, 3.05) is 18.9 Å². The van der Waals surface area contributed by atoms with Gasteiger partial charge in [0.15, 0.2) is 16.7 Å². The number of rotatable bonds is 6. The minimum atomic E-state index is -0.0289. The van der Waals surface area contributed by atoms with Crippen LogP contribution in [-0.4, -0.2) is 45.7 Å². The Hall–Kier alpha value is -2.32. The van der Waals surface area contributed by atoms with Crippen LogP contribution in [0.25, 0.3) is 22.6 Å². The summed E-state index contributed by atoms with van der Waals surface area (Å²) >= 11 is 1.35. The Kier molecular flexibility index (Phi) is 4.94. The van der Waals surface area contributed by atoms with Gasteiger partial charge in [-0.15, -0.1) is 10.2 Å². The van der Waals surface area contributed by atoms with Crippen molar-refractivity contribution in [3.05, 3.63) is 30.3 Å². The second-order valence-corrected chi connectivity index (χ2v) is 7.18. The van der Waals surface area contributed by atoms with E-state index in [4.69, 9.17) is 9.15 Å². The molecule has 2 aromatic heterocycles. The van der Waals surface area contributed by atoms with Crippen LogP contribution < -0.4 is 5.32 Å². The summed E-state index contributed by atoms with van der Waals surface area (Å²) in [5.74, 6) is 1.57. The Balaban J connectivity index is 1.38. The number of benzene rings is 1. The first-order valence-electron chi connectivity index (χ1n) is 8.60. The maximum Gasteiger partial charge on any atom is 0.230 e. The molecule has 1 fully saturated rings. The zero-order valence-electron chi connectivity index (χ0n) is 14.5. The number of thioether (sulfide) groups is 1. The fourth-order valence-electron chi connectivity index (χ4n) is 2.96. The lowest BCUT2D eigenvalue weighted by molar-refractivity contribution is -0.119. The van der Waals surface area contributed by atoms with E-state index in [1.807, 2.05) is 41.9 Å². The number of furan rings is 1. The van der Waals surface area contributed by atoms with Crippen LogP contribution in [0.2, 0.25) is 0 Å². The first-order chi connectivity index (χ1) is 12.7.